The Hall–Kier alpha value is -1.15. The number of aliphatic imine (C=N–C) groups is 1. The summed E-state index contributed by atoms with van der Waals surface area (Å²) in [4.78, 5) is 24.4. The summed E-state index contributed by atoms with van der Waals surface area (Å²) in [6.45, 7) is 5.60. The summed E-state index contributed by atoms with van der Waals surface area (Å²) >= 11 is 0. The van der Waals surface area contributed by atoms with Crippen molar-refractivity contribution in [1.82, 2.24) is 0 Å². The second-order valence-corrected chi connectivity index (χ2v) is 2.66. The van der Waals surface area contributed by atoms with Gasteiger partial charge in [-0.25, -0.2) is 9.59 Å². The van der Waals surface area contributed by atoms with Crippen molar-refractivity contribution in [2.75, 3.05) is 6.61 Å². The van der Waals surface area contributed by atoms with Gasteiger partial charge in [0.25, 0.3) is 0 Å². The lowest BCUT2D eigenvalue weighted by Gasteiger charge is -2.12. The maximum absolute atomic E-state index is 11.1. The second-order valence-electron chi connectivity index (χ2n) is 2.66. The first-order chi connectivity index (χ1) is 5.63. The van der Waals surface area contributed by atoms with Crippen molar-refractivity contribution in [2.24, 2.45) is 10.9 Å². The number of hydrogen-bond donors (Lipinski definition) is 0. The second kappa shape index (κ2) is 5.49. The first kappa shape index (κ1) is 10.8. The van der Waals surface area contributed by atoms with E-state index in [2.05, 4.69) is 4.99 Å². The molecule has 0 radical (unpaired) electrons. The molecule has 0 aromatic carbocycles. The summed E-state index contributed by atoms with van der Waals surface area (Å²) in [5, 5.41) is 0. The number of nitrogens with zero attached hydrogens (tertiary/aromatic N) is 1. The Balaban J connectivity index is 4.29. The zero-order valence-corrected chi connectivity index (χ0v) is 7.53. The van der Waals surface area contributed by atoms with E-state index in [9.17, 15) is 9.59 Å². The molecule has 12 heavy (non-hydrogen) atoms. The molecule has 0 N–H and O–H groups in total. The summed E-state index contributed by atoms with van der Waals surface area (Å²) in [5.41, 5.74) is 0. The van der Waals surface area contributed by atoms with Crippen molar-refractivity contribution in [2.45, 2.75) is 26.8 Å². The van der Waals surface area contributed by atoms with Crippen molar-refractivity contribution in [3.05, 3.63) is 0 Å². The zero-order valence-electron chi connectivity index (χ0n) is 7.53. The fourth-order valence-corrected chi connectivity index (χ4v) is 0.758. The normalized spacial score (nSPS) is 12.0. The highest BCUT2D eigenvalue weighted by Crippen LogP contribution is 2.07. The van der Waals surface area contributed by atoms with Crippen LogP contribution in [0, 0.1) is 5.92 Å². The van der Waals surface area contributed by atoms with Crippen molar-refractivity contribution >= 4 is 12.0 Å². The number of hydrogen-bond acceptors (Lipinski definition) is 4. The molecule has 0 aliphatic heterocycles. The first-order valence-electron chi connectivity index (χ1n) is 3.87. The molecular weight excluding hydrogens is 158 g/mol. The summed E-state index contributed by atoms with van der Waals surface area (Å²) in [6, 6.07) is -0.706. The molecule has 0 saturated heterocycles. The molecule has 1 atom stereocenters. The van der Waals surface area contributed by atoms with Gasteiger partial charge in [0.2, 0.25) is 6.08 Å². The van der Waals surface area contributed by atoms with Crippen molar-refractivity contribution in [1.29, 1.82) is 0 Å². The van der Waals surface area contributed by atoms with E-state index in [-0.39, 0.29) is 5.92 Å². The number of rotatable bonds is 4. The van der Waals surface area contributed by atoms with Crippen LogP contribution in [0.15, 0.2) is 4.99 Å². The highest BCUT2D eigenvalue weighted by molar-refractivity contribution is 5.77. The van der Waals surface area contributed by atoms with Gasteiger partial charge in [-0.2, -0.15) is 4.99 Å². The lowest BCUT2D eigenvalue weighted by molar-refractivity contribution is -0.145. The standard InChI is InChI=1S/C8H13NO3/c1-4-12-8(11)7(6(2)3)9-5-10/h6-7H,4H2,1-3H3/t7-/m1/s1. The zero-order chi connectivity index (χ0) is 9.56. The number of ether oxygens (including phenoxy) is 1. The molecule has 0 aliphatic carbocycles. The van der Waals surface area contributed by atoms with Crippen LogP contribution >= 0.6 is 0 Å². The van der Waals surface area contributed by atoms with E-state index in [0.717, 1.165) is 0 Å². The summed E-state index contributed by atoms with van der Waals surface area (Å²) < 4.78 is 4.71. The third-order valence-corrected chi connectivity index (χ3v) is 1.35. The molecule has 0 heterocycles. The minimum absolute atomic E-state index is 0.0366. The number of carbonyl (C=O) groups is 1. The van der Waals surface area contributed by atoms with E-state index in [1.165, 1.54) is 6.08 Å². The monoisotopic (exact) mass is 171 g/mol. The predicted molar refractivity (Wildman–Crippen MR) is 43.4 cm³/mol. The summed E-state index contributed by atoms with van der Waals surface area (Å²) in [5.74, 6) is -0.499. The van der Waals surface area contributed by atoms with Gasteiger partial charge in [-0.05, 0) is 12.8 Å². The van der Waals surface area contributed by atoms with Crippen LogP contribution in [-0.4, -0.2) is 24.7 Å². The molecule has 0 amide bonds. The van der Waals surface area contributed by atoms with Gasteiger partial charge in [0.1, 0.15) is 0 Å². The van der Waals surface area contributed by atoms with Gasteiger partial charge >= 0.3 is 5.97 Å². The van der Waals surface area contributed by atoms with E-state index in [1.807, 2.05) is 0 Å². The summed E-state index contributed by atoms with van der Waals surface area (Å²) in [6.07, 6.45) is 1.36. The van der Waals surface area contributed by atoms with Gasteiger partial charge in [0.05, 0.1) is 6.61 Å². The van der Waals surface area contributed by atoms with E-state index in [4.69, 9.17) is 4.74 Å². The molecule has 0 fully saturated rings. The van der Waals surface area contributed by atoms with Crippen LogP contribution < -0.4 is 0 Å². The smallest absolute Gasteiger partial charge is 0.332 e. The van der Waals surface area contributed by atoms with E-state index >= 15 is 0 Å². The minimum atomic E-state index is -0.706. The minimum Gasteiger partial charge on any atom is -0.464 e. The molecule has 0 aromatic heterocycles. The molecule has 0 aliphatic rings. The Bertz CT molecular complexity index is 194. The Morgan fingerprint density at radius 3 is 2.50 bits per heavy atom. The van der Waals surface area contributed by atoms with Crippen LogP contribution in [0.3, 0.4) is 0 Å². The molecule has 0 saturated carbocycles. The molecule has 0 aromatic rings. The van der Waals surface area contributed by atoms with Crippen molar-refractivity contribution in [3.8, 4) is 0 Å². The largest absolute Gasteiger partial charge is 0.464 e. The van der Waals surface area contributed by atoms with Crippen LogP contribution in [-0.2, 0) is 14.3 Å². The van der Waals surface area contributed by atoms with Crippen LogP contribution in [0.5, 0.6) is 0 Å². The maximum Gasteiger partial charge on any atom is 0.332 e. The van der Waals surface area contributed by atoms with Crippen LogP contribution in [0.2, 0.25) is 0 Å². The van der Waals surface area contributed by atoms with Crippen LogP contribution in [0.25, 0.3) is 0 Å². The third-order valence-electron chi connectivity index (χ3n) is 1.35. The highest BCUT2D eigenvalue weighted by Gasteiger charge is 2.22. The topological polar surface area (TPSA) is 55.7 Å². The van der Waals surface area contributed by atoms with Gasteiger partial charge in [-0.3, -0.25) is 0 Å². The highest BCUT2D eigenvalue weighted by atomic mass is 16.5. The molecule has 0 unspecified atom stereocenters. The van der Waals surface area contributed by atoms with Gasteiger partial charge in [-0.1, -0.05) is 13.8 Å². The average molecular weight is 171 g/mol. The fourth-order valence-electron chi connectivity index (χ4n) is 0.758. The lowest BCUT2D eigenvalue weighted by atomic mass is 10.1. The van der Waals surface area contributed by atoms with E-state index in [1.54, 1.807) is 20.8 Å². The van der Waals surface area contributed by atoms with Crippen molar-refractivity contribution < 1.29 is 14.3 Å². The fraction of sp³-hybridized carbons (Fsp3) is 0.750. The number of carbonyl (C=O) groups excluding carboxylic acids is 2. The Morgan fingerprint density at radius 2 is 2.17 bits per heavy atom. The molecule has 0 bridgehead atoms. The van der Waals surface area contributed by atoms with Crippen LogP contribution in [0.4, 0.5) is 0 Å². The molecule has 4 nitrogen and oxygen atoms in total. The quantitative estimate of drug-likeness (QED) is 0.359. The van der Waals surface area contributed by atoms with E-state index in [0.29, 0.717) is 6.61 Å². The maximum atomic E-state index is 11.1. The lowest BCUT2D eigenvalue weighted by Crippen LogP contribution is -2.26. The Morgan fingerprint density at radius 1 is 1.58 bits per heavy atom. The number of isocyanates is 1. The van der Waals surface area contributed by atoms with Gasteiger partial charge in [-0.15, -0.1) is 0 Å². The van der Waals surface area contributed by atoms with Crippen LogP contribution in [0.1, 0.15) is 20.8 Å². The average Bonchev–Trinajstić information content (AvgIpc) is 1.99. The van der Waals surface area contributed by atoms with Crippen molar-refractivity contribution in [3.63, 3.8) is 0 Å². The SMILES string of the molecule is CCOC(=O)[C@H](N=C=O)C(C)C. The Kier molecular flexibility index (Phi) is 4.97. The molecule has 0 spiro atoms. The molecular formula is C8H13NO3. The predicted octanol–water partition coefficient (Wildman–Crippen LogP) is 0.910. The van der Waals surface area contributed by atoms with Gasteiger partial charge in [0, 0.05) is 0 Å². The first-order valence-corrected chi connectivity index (χ1v) is 3.87. The summed E-state index contributed by atoms with van der Waals surface area (Å²) in [7, 11) is 0. The Labute approximate surface area is 71.6 Å². The third kappa shape index (κ3) is 3.30. The van der Waals surface area contributed by atoms with Gasteiger partial charge in [0.15, 0.2) is 6.04 Å². The van der Waals surface area contributed by atoms with E-state index < -0.39 is 12.0 Å². The molecule has 4 heteroatoms. The molecule has 68 valence electrons. The number of esters is 1. The van der Waals surface area contributed by atoms with Gasteiger partial charge < -0.3 is 4.74 Å². The molecule has 0 rings (SSSR count).